The fraction of sp³-hybridized carbons (Fsp3) is 0.467. The Morgan fingerprint density at radius 2 is 2.05 bits per heavy atom. The molecule has 108 valence electrons. The van der Waals surface area contributed by atoms with Crippen LogP contribution in [0.25, 0.3) is 0 Å². The van der Waals surface area contributed by atoms with E-state index in [1.54, 1.807) is 19.1 Å². The number of aryl methyl sites for hydroxylation is 1. The minimum absolute atomic E-state index is 0.121. The summed E-state index contributed by atoms with van der Waals surface area (Å²) in [5, 5.41) is 11.8. The van der Waals surface area contributed by atoms with Crippen LogP contribution in [-0.4, -0.2) is 34.6 Å². The standard InChI is InChI=1S/C15H20N2O3/c1-9-6-11(3)17(8-9)15(20)16-12-4-5-13(14(18)19)10(2)7-12/h4-5,7,9,11H,6,8H2,1-3H3,(H,16,20)(H,18,19). The summed E-state index contributed by atoms with van der Waals surface area (Å²) in [5.74, 6) is -0.436. The van der Waals surface area contributed by atoms with Crippen molar-refractivity contribution < 1.29 is 14.7 Å². The molecular weight excluding hydrogens is 256 g/mol. The number of carbonyl (C=O) groups is 2. The molecule has 0 spiro atoms. The zero-order chi connectivity index (χ0) is 14.9. The van der Waals surface area contributed by atoms with E-state index in [1.165, 1.54) is 6.07 Å². The van der Waals surface area contributed by atoms with Crippen molar-refractivity contribution in [3.63, 3.8) is 0 Å². The van der Waals surface area contributed by atoms with Gasteiger partial charge < -0.3 is 15.3 Å². The molecule has 2 atom stereocenters. The average molecular weight is 276 g/mol. The van der Waals surface area contributed by atoms with Crippen molar-refractivity contribution in [2.24, 2.45) is 5.92 Å². The van der Waals surface area contributed by atoms with Crippen LogP contribution < -0.4 is 5.32 Å². The quantitative estimate of drug-likeness (QED) is 0.872. The first-order valence-corrected chi connectivity index (χ1v) is 6.80. The number of carboxylic acid groups (broad SMARTS) is 1. The minimum atomic E-state index is -0.956. The minimum Gasteiger partial charge on any atom is -0.478 e. The van der Waals surface area contributed by atoms with Crippen molar-refractivity contribution in [2.75, 3.05) is 11.9 Å². The van der Waals surface area contributed by atoms with E-state index in [9.17, 15) is 9.59 Å². The molecule has 1 aromatic rings. The maximum absolute atomic E-state index is 12.2. The third-order valence-electron chi connectivity index (χ3n) is 3.75. The van der Waals surface area contributed by atoms with E-state index in [1.807, 2.05) is 11.8 Å². The van der Waals surface area contributed by atoms with E-state index in [4.69, 9.17) is 5.11 Å². The summed E-state index contributed by atoms with van der Waals surface area (Å²) in [5.41, 5.74) is 1.52. The molecule has 1 saturated heterocycles. The van der Waals surface area contributed by atoms with E-state index in [0.717, 1.165) is 13.0 Å². The number of urea groups is 1. The first kappa shape index (κ1) is 14.4. The fourth-order valence-corrected chi connectivity index (χ4v) is 2.76. The number of benzene rings is 1. The number of nitrogens with one attached hydrogen (secondary N) is 1. The molecule has 0 aliphatic carbocycles. The van der Waals surface area contributed by atoms with Gasteiger partial charge in [0.1, 0.15) is 0 Å². The molecule has 2 rings (SSSR count). The van der Waals surface area contributed by atoms with Crippen molar-refractivity contribution >= 4 is 17.7 Å². The fourth-order valence-electron chi connectivity index (χ4n) is 2.76. The van der Waals surface area contributed by atoms with E-state index in [-0.39, 0.29) is 17.6 Å². The van der Waals surface area contributed by atoms with Crippen molar-refractivity contribution in [3.8, 4) is 0 Å². The van der Waals surface area contributed by atoms with Gasteiger partial charge in [-0.15, -0.1) is 0 Å². The summed E-state index contributed by atoms with van der Waals surface area (Å²) in [7, 11) is 0. The zero-order valence-corrected chi connectivity index (χ0v) is 12.0. The molecule has 0 aromatic heterocycles. The first-order chi connectivity index (χ1) is 9.38. The number of carbonyl (C=O) groups excluding carboxylic acids is 1. The van der Waals surface area contributed by atoms with Crippen LogP contribution in [0.1, 0.15) is 36.2 Å². The highest BCUT2D eigenvalue weighted by molar-refractivity contribution is 5.93. The molecule has 0 radical (unpaired) electrons. The molecular formula is C15H20N2O3. The molecule has 1 aliphatic rings. The maximum atomic E-state index is 12.2. The molecule has 2 N–H and O–H groups in total. The SMILES string of the molecule is Cc1cc(NC(=O)N2CC(C)CC2C)ccc1C(=O)O. The molecule has 20 heavy (non-hydrogen) atoms. The molecule has 2 unspecified atom stereocenters. The molecule has 1 aliphatic heterocycles. The normalized spacial score (nSPS) is 21.9. The number of carboxylic acids is 1. The highest BCUT2D eigenvalue weighted by Crippen LogP contribution is 2.23. The van der Waals surface area contributed by atoms with Gasteiger partial charge in [-0.1, -0.05) is 6.92 Å². The van der Waals surface area contributed by atoms with Gasteiger partial charge in [-0.05, 0) is 49.9 Å². The van der Waals surface area contributed by atoms with E-state index >= 15 is 0 Å². The maximum Gasteiger partial charge on any atom is 0.335 e. The molecule has 1 heterocycles. The molecule has 5 heteroatoms. The average Bonchev–Trinajstić information content (AvgIpc) is 2.68. The van der Waals surface area contributed by atoms with Crippen molar-refractivity contribution in [2.45, 2.75) is 33.2 Å². The number of likely N-dealkylation sites (tertiary alicyclic amines) is 1. The predicted molar refractivity (Wildman–Crippen MR) is 77.1 cm³/mol. The molecule has 2 amide bonds. The van der Waals surface area contributed by atoms with Crippen LogP contribution in [0.15, 0.2) is 18.2 Å². The van der Waals surface area contributed by atoms with Crippen molar-refractivity contribution in [3.05, 3.63) is 29.3 Å². The number of anilines is 1. The van der Waals surface area contributed by atoms with E-state index in [0.29, 0.717) is 17.2 Å². The molecule has 0 saturated carbocycles. The Morgan fingerprint density at radius 3 is 2.55 bits per heavy atom. The Morgan fingerprint density at radius 1 is 1.35 bits per heavy atom. The van der Waals surface area contributed by atoms with Gasteiger partial charge in [-0.2, -0.15) is 0 Å². The van der Waals surface area contributed by atoms with Gasteiger partial charge in [0, 0.05) is 18.3 Å². The number of rotatable bonds is 2. The van der Waals surface area contributed by atoms with Crippen LogP contribution in [0.2, 0.25) is 0 Å². The van der Waals surface area contributed by atoms with Crippen LogP contribution in [0.4, 0.5) is 10.5 Å². The van der Waals surface area contributed by atoms with E-state index in [2.05, 4.69) is 12.2 Å². The van der Waals surface area contributed by atoms with Crippen LogP contribution in [0.5, 0.6) is 0 Å². The van der Waals surface area contributed by atoms with Gasteiger partial charge in [0.2, 0.25) is 0 Å². The van der Waals surface area contributed by atoms with Crippen LogP contribution in [-0.2, 0) is 0 Å². The first-order valence-electron chi connectivity index (χ1n) is 6.80. The summed E-state index contributed by atoms with van der Waals surface area (Å²) in [6.45, 7) is 6.66. The Kier molecular flexibility index (Phi) is 3.97. The van der Waals surface area contributed by atoms with Gasteiger partial charge in [-0.3, -0.25) is 0 Å². The predicted octanol–water partition coefficient (Wildman–Crippen LogP) is 2.96. The molecule has 0 bridgehead atoms. The monoisotopic (exact) mass is 276 g/mol. The van der Waals surface area contributed by atoms with Crippen LogP contribution >= 0.6 is 0 Å². The third kappa shape index (κ3) is 2.92. The van der Waals surface area contributed by atoms with Crippen LogP contribution in [0, 0.1) is 12.8 Å². The lowest BCUT2D eigenvalue weighted by Gasteiger charge is -2.22. The van der Waals surface area contributed by atoms with Gasteiger partial charge in [0.05, 0.1) is 5.56 Å². The summed E-state index contributed by atoms with van der Waals surface area (Å²) in [4.78, 5) is 25.0. The smallest absolute Gasteiger partial charge is 0.335 e. The summed E-state index contributed by atoms with van der Waals surface area (Å²) < 4.78 is 0. The van der Waals surface area contributed by atoms with Crippen molar-refractivity contribution in [1.82, 2.24) is 4.90 Å². The van der Waals surface area contributed by atoms with Gasteiger partial charge in [0.15, 0.2) is 0 Å². The lowest BCUT2D eigenvalue weighted by molar-refractivity contribution is 0.0696. The molecule has 5 nitrogen and oxygen atoms in total. The highest BCUT2D eigenvalue weighted by Gasteiger charge is 2.29. The van der Waals surface area contributed by atoms with Gasteiger partial charge in [-0.25, -0.2) is 9.59 Å². The number of aromatic carboxylic acids is 1. The second kappa shape index (κ2) is 5.53. The summed E-state index contributed by atoms with van der Waals surface area (Å²) in [6.07, 6.45) is 1.02. The number of nitrogens with zero attached hydrogens (tertiary/aromatic N) is 1. The second-order valence-corrected chi connectivity index (χ2v) is 5.61. The highest BCUT2D eigenvalue weighted by atomic mass is 16.4. The van der Waals surface area contributed by atoms with Crippen molar-refractivity contribution in [1.29, 1.82) is 0 Å². The van der Waals surface area contributed by atoms with E-state index < -0.39 is 5.97 Å². The Balaban J connectivity index is 2.09. The Hall–Kier alpha value is -2.04. The second-order valence-electron chi connectivity index (χ2n) is 5.61. The lowest BCUT2D eigenvalue weighted by atomic mass is 10.1. The van der Waals surface area contributed by atoms with Gasteiger partial charge >= 0.3 is 12.0 Å². The molecule has 1 fully saturated rings. The molecule has 1 aromatic carbocycles. The number of hydrogen-bond donors (Lipinski definition) is 2. The number of hydrogen-bond acceptors (Lipinski definition) is 2. The van der Waals surface area contributed by atoms with Crippen LogP contribution in [0.3, 0.4) is 0 Å². The Labute approximate surface area is 118 Å². The largest absolute Gasteiger partial charge is 0.478 e. The lowest BCUT2D eigenvalue weighted by Crippen LogP contribution is -2.37. The topological polar surface area (TPSA) is 69.6 Å². The zero-order valence-electron chi connectivity index (χ0n) is 12.0. The Bertz CT molecular complexity index is 542. The summed E-state index contributed by atoms with van der Waals surface area (Å²) >= 11 is 0. The number of amides is 2. The third-order valence-corrected chi connectivity index (χ3v) is 3.75. The summed E-state index contributed by atoms with van der Waals surface area (Å²) in [6, 6.07) is 4.95. The van der Waals surface area contributed by atoms with Gasteiger partial charge in [0.25, 0.3) is 0 Å².